The number of nitrogens with zero attached hydrogens (tertiary/aromatic N) is 1. The Morgan fingerprint density at radius 1 is 0.943 bits per heavy atom. The Morgan fingerprint density at radius 3 is 2.11 bits per heavy atom. The Kier molecular flexibility index (Phi) is 6.91. The van der Waals surface area contributed by atoms with Crippen LogP contribution in [0.15, 0.2) is 59.2 Å². The van der Waals surface area contributed by atoms with Crippen LogP contribution in [0.3, 0.4) is 0 Å². The molecule has 3 aromatic rings. The maximum Gasteiger partial charge on any atom is 0.291 e. The molecule has 2 aromatic carbocycles. The molecule has 2 N–H and O–H groups in total. The molecule has 182 valence electrons. The summed E-state index contributed by atoms with van der Waals surface area (Å²) in [6.45, 7) is 0.209. The second kappa shape index (κ2) is 10.2. The molecular weight excluding hydrogens is 454 g/mol. The lowest BCUT2D eigenvalue weighted by molar-refractivity contribution is -0.122. The van der Waals surface area contributed by atoms with Gasteiger partial charge in [0.2, 0.25) is 17.6 Å². The van der Waals surface area contributed by atoms with Gasteiger partial charge in [0.15, 0.2) is 17.3 Å². The molecule has 10 heteroatoms. The number of amides is 3. The zero-order valence-electron chi connectivity index (χ0n) is 19.5. The van der Waals surface area contributed by atoms with Crippen molar-refractivity contribution in [1.82, 2.24) is 0 Å². The van der Waals surface area contributed by atoms with Crippen LogP contribution in [-0.4, -0.2) is 45.6 Å². The molecule has 0 saturated carbocycles. The summed E-state index contributed by atoms with van der Waals surface area (Å²) in [6, 6.07) is 13.2. The highest BCUT2D eigenvalue weighted by molar-refractivity contribution is 6.04. The normalized spacial score (nSPS) is 15.0. The van der Waals surface area contributed by atoms with E-state index in [1.165, 1.54) is 32.5 Å². The first-order valence-corrected chi connectivity index (χ1v) is 10.8. The van der Waals surface area contributed by atoms with Crippen LogP contribution >= 0.6 is 0 Å². The van der Waals surface area contributed by atoms with Gasteiger partial charge in [-0.15, -0.1) is 0 Å². The monoisotopic (exact) mass is 479 g/mol. The average Bonchev–Trinajstić information content (AvgIpc) is 3.54. The molecule has 0 spiro atoms. The molecule has 0 aliphatic carbocycles. The number of hydrogen-bond donors (Lipinski definition) is 2. The minimum atomic E-state index is -0.542. The molecule has 1 saturated heterocycles. The van der Waals surface area contributed by atoms with E-state index in [1.807, 2.05) is 0 Å². The van der Waals surface area contributed by atoms with E-state index in [0.29, 0.717) is 34.3 Å². The summed E-state index contributed by atoms with van der Waals surface area (Å²) in [5.74, 6) is 0.0797. The summed E-state index contributed by atoms with van der Waals surface area (Å²) >= 11 is 0. The Hall–Kier alpha value is -4.47. The number of hydrogen-bond acceptors (Lipinski definition) is 7. The first-order valence-electron chi connectivity index (χ1n) is 10.8. The van der Waals surface area contributed by atoms with Crippen molar-refractivity contribution >= 4 is 34.8 Å². The zero-order chi connectivity index (χ0) is 24.9. The Morgan fingerprint density at radius 2 is 1.57 bits per heavy atom. The van der Waals surface area contributed by atoms with Crippen LogP contribution in [0.5, 0.6) is 17.2 Å². The summed E-state index contributed by atoms with van der Waals surface area (Å²) in [7, 11) is 4.49. The van der Waals surface area contributed by atoms with Crippen molar-refractivity contribution in [3.63, 3.8) is 0 Å². The molecule has 10 nitrogen and oxygen atoms in total. The van der Waals surface area contributed by atoms with Gasteiger partial charge in [-0.2, -0.15) is 0 Å². The third-order valence-corrected chi connectivity index (χ3v) is 5.61. The third-order valence-electron chi connectivity index (χ3n) is 5.61. The van der Waals surface area contributed by atoms with E-state index in [9.17, 15) is 14.4 Å². The van der Waals surface area contributed by atoms with Crippen LogP contribution in [-0.2, 0) is 9.59 Å². The molecule has 1 fully saturated rings. The predicted molar refractivity (Wildman–Crippen MR) is 128 cm³/mol. The molecule has 1 atom stereocenters. The summed E-state index contributed by atoms with van der Waals surface area (Å²) in [5.41, 5.74) is 1.65. The van der Waals surface area contributed by atoms with Crippen molar-refractivity contribution in [3.8, 4) is 17.2 Å². The van der Waals surface area contributed by atoms with Crippen LogP contribution in [0.25, 0.3) is 0 Å². The number of methoxy groups -OCH3 is 3. The molecule has 0 bridgehead atoms. The first-order chi connectivity index (χ1) is 16.9. The van der Waals surface area contributed by atoms with E-state index < -0.39 is 5.92 Å². The van der Waals surface area contributed by atoms with E-state index in [0.717, 1.165) is 0 Å². The molecule has 4 rings (SSSR count). The first kappa shape index (κ1) is 23.7. The average molecular weight is 479 g/mol. The van der Waals surface area contributed by atoms with Crippen molar-refractivity contribution in [3.05, 3.63) is 60.6 Å². The van der Waals surface area contributed by atoms with Gasteiger partial charge in [-0.25, -0.2) is 0 Å². The van der Waals surface area contributed by atoms with Crippen molar-refractivity contribution in [2.45, 2.75) is 6.42 Å². The van der Waals surface area contributed by atoms with Gasteiger partial charge in [-0.3, -0.25) is 14.4 Å². The number of rotatable bonds is 8. The van der Waals surface area contributed by atoms with E-state index >= 15 is 0 Å². The van der Waals surface area contributed by atoms with E-state index in [-0.39, 0.29) is 36.4 Å². The number of ether oxygens (including phenoxy) is 3. The maximum atomic E-state index is 12.9. The standard InChI is InChI=1S/C25H25N3O7/c1-32-20-12-18(13-21(33-2)23(20)34-3)28-14-15(11-22(28)29)24(30)26-16-6-8-17(9-7-16)27-25(31)19-5-4-10-35-19/h4-10,12-13,15H,11,14H2,1-3H3,(H,26,30)(H,27,31). The van der Waals surface area contributed by atoms with Crippen LogP contribution in [0.1, 0.15) is 17.0 Å². The second-order valence-corrected chi connectivity index (χ2v) is 7.79. The van der Waals surface area contributed by atoms with Gasteiger partial charge >= 0.3 is 0 Å². The molecule has 1 aromatic heterocycles. The van der Waals surface area contributed by atoms with Crippen molar-refractivity contribution in [2.75, 3.05) is 43.4 Å². The molecule has 1 aliphatic rings. The fraction of sp³-hybridized carbons (Fsp3) is 0.240. The minimum absolute atomic E-state index is 0.0692. The Bertz CT molecular complexity index is 1200. The number of nitrogens with one attached hydrogen (secondary N) is 2. The molecule has 3 amide bonds. The number of furan rings is 1. The summed E-state index contributed by atoms with van der Waals surface area (Å²) in [4.78, 5) is 39.2. The summed E-state index contributed by atoms with van der Waals surface area (Å²) < 4.78 is 21.1. The van der Waals surface area contributed by atoms with Gasteiger partial charge in [0.05, 0.1) is 39.2 Å². The largest absolute Gasteiger partial charge is 0.493 e. The fourth-order valence-corrected chi connectivity index (χ4v) is 3.84. The van der Waals surface area contributed by atoms with E-state index in [4.69, 9.17) is 18.6 Å². The molecular formula is C25H25N3O7. The fourth-order valence-electron chi connectivity index (χ4n) is 3.84. The molecule has 0 radical (unpaired) electrons. The number of carbonyl (C=O) groups is 3. The molecule has 2 heterocycles. The molecule has 1 unspecified atom stereocenters. The Balaban J connectivity index is 1.41. The highest BCUT2D eigenvalue weighted by Crippen LogP contribution is 2.42. The summed E-state index contributed by atoms with van der Waals surface area (Å²) in [6.07, 6.45) is 1.49. The predicted octanol–water partition coefficient (Wildman–Crippen LogP) is 3.55. The molecule has 1 aliphatic heterocycles. The Labute approximate surface area is 201 Å². The van der Waals surface area contributed by atoms with Gasteiger partial charge in [0.25, 0.3) is 5.91 Å². The quantitative estimate of drug-likeness (QED) is 0.507. The van der Waals surface area contributed by atoms with Gasteiger partial charge < -0.3 is 34.2 Å². The third kappa shape index (κ3) is 5.06. The lowest BCUT2D eigenvalue weighted by Crippen LogP contribution is -2.28. The minimum Gasteiger partial charge on any atom is -0.493 e. The second-order valence-electron chi connectivity index (χ2n) is 7.79. The molecule has 35 heavy (non-hydrogen) atoms. The maximum absolute atomic E-state index is 12.9. The van der Waals surface area contributed by atoms with Crippen LogP contribution in [0.2, 0.25) is 0 Å². The van der Waals surface area contributed by atoms with Gasteiger partial charge in [-0.05, 0) is 36.4 Å². The van der Waals surface area contributed by atoms with E-state index in [2.05, 4.69) is 10.6 Å². The van der Waals surface area contributed by atoms with Crippen molar-refractivity contribution in [1.29, 1.82) is 0 Å². The van der Waals surface area contributed by atoms with Crippen LogP contribution in [0, 0.1) is 5.92 Å². The number of anilines is 3. The van der Waals surface area contributed by atoms with Gasteiger partial charge in [0, 0.05) is 36.5 Å². The van der Waals surface area contributed by atoms with Crippen LogP contribution < -0.4 is 29.7 Å². The highest BCUT2D eigenvalue weighted by atomic mass is 16.5. The number of carbonyl (C=O) groups excluding carboxylic acids is 3. The smallest absolute Gasteiger partial charge is 0.291 e. The highest BCUT2D eigenvalue weighted by Gasteiger charge is 2.36. The van der Waals surface area contributed by atoms with Crippen LogP contribution in [0.4, 0.5) is 17.1 Å². The zero-order valence-corrected chi connectivity index (χ0v) is 19.5. The van der Waals surface area contributed by atoms with E-state index in [1.54, 1.807) is 48.5 Å². The van der Waals surface area contributed by atoms with Crippen molar-refractivity contribution in [2.24, 2.45) is 5.92 Å². The SMILES string of the molecule is COc1cc(N2CC(C(=O)Nc3ccc(NC(=O)c4ccco4)cc3)CC2=O)cc(OC)c1OC. The van der Waals surface area contributed by atoms with Crippen molar-refractivity contribution < 1.29 is 33.0 Å². The lowest BCUT2D eigenvalue weighted by atomic mass is 10.1. The van der Waals surface area contributed by atoms with Gasteiger partial charge in [-0.1, -0.05) is 0 Å². The topological polar surface area (TPSA) is 119 Å². The summed E-state index contributed by atoms with van der Waals surface area (Å²) in [5, 5.41) is 5.54. The van der Waals surface area contributed by atoms with Gasteiger partial charge in [0.1, 0.15) is 0 Å². The number of benzene rings is 2. The lowest BCUT2D eigenvalue weighted by Gasteiger charge is -2.20.